The van der Waals surface area contributed by atoms with E-state index in [9.17, 15) is 20.2 Å². The van der Waals surface area contributed by atoms with Crippen molar-refractivity contribution in [1.82, 2.24) is 9.97 Å². The molecule has 1 atom stereocenters. The van der Waals surface area contributed by atoms with E-state index < -0.39 is 9.85 Å². The zero-order valence-electron chi connectivity index (χ0n) is 14.1. The van der Waals surface area contributed by atoms with Gasteiger partial charge in [0.2, 0.25) is 0 Å². The van der Waals surface area contributed by atoms with E-state index in [1.54, 1.807) is 0 Å². The lowest BCUT2D eigenvalue weighted by Gasteiger charge is -2.41. The topological polar surface area (TPSA) is 119 Å². The van der Waals surface area contributed by atoms with Gasteiger partial charge in [-0.1, -0.05) is 23.2 Å². The molecule has 1 fully saturated rings. The van der Waals surface area contributed by atoms with Gasteiger partial charge in [0.15, 0.2) is 0 Å². The molecule has 0 radical (unpaired) electrons. The number of pyridine rings is 2. The number of anilines is 2. The van der Waals surface area contributed by atoms with E-state index in [0.29, 0.717) is 31.3 Å². The van der Waals surface area contributed by atoms with Gasteiger partial charge in [-0.3, -0.25) is 20.2 Å². The first-order valence-electron chi connectivity index (χ1n) is 7.89. The lowest BCUT2D eigenvalue weighted by atomic mass is 10.2. The van der Waals surface area contributed by atoms with Crippen LogP contribution in [0, 0.1) is 20.2 Å². The van der Waals surface area contributed by atoms with Crippen molar-refractivity contribution in [2.75, 3.05) is 29.4 Å². The van der Waals surface area contributed by atoms with Crippen molar-refractivity contribution < 1.29 is 9.85 Å². The molecule has 0 spiro atoms. The molecule has 1 saturated heterocycles. The van der Waals surface area contributed by atoms with E-state index in [1.165, 1.54) is 24.5 Å². The molecule has 0 bridgehead atoms. The number of halogens is 2. The third-order valence-corrected chi connectivity index (χ3v) is 4.79. The highest BCUT2D eigenvalue weighted by molar-refractivity contribution is 6.33. The summed E-state index contributed by atoms with van der Waals surface area (Å²) in [6, 6.07) is 2.51. The SMILES string of the molecule is C[C@@H]1CN(c2ncc([N+](=O)[O-])cc2Cl)CCN1c1ncc([N+](=O)[O-])cc1Cl. The van der Waals surface area contributed by atoms with Crippen molar-refractivity contribution in [2.45, 2.75) is 13.0 Å². The molecule has 0 unspecified atom stereocenters. The molecule has 2 aromatic rings. The number of nitro groups is 2. The number of nitrogens with zero attached hydrogens (tertiary/aromatic N) is 6. The Hall–Kier alpha value is -2.72. The lowest BCUT2D eigenvalue weighted by molar-refractivity contribution is -0.385. The molecule has 1 aliphatic rings. The summed E-state index contributed by atoms with van der Waals surface area (Å²) in [5.41, 5.74) is -0.339. The molecule has 0 aromatic carbocycles. The fourth-order valence-electron chi connectivity index (χ4n) is 2.95. The maximum atomic E-state index is 10.8. The standard InChI is InChI=1S/C15H14Cl2N6O4/c1-9-8-20(14-12(16)4-10(6-18-14)22(24)25)2-3-21(9)15-13(17)5-11(7-19-15)23(26)27/h4-7,9H,2-3,8H2,1H3/t9-/m1/s1. The van der Waals surface area contributed by atoms with Crippen molar-refractivity contribution in [3.8, 4) is 0 Å². The molecular formula is C15H14Cl2N6O4. The maximum Gasteiger partial charge on any atom is 0.289 e. The average molecular weight is 413 g/mol. The van der Waals surface area contributed by atoms with Crippen LogP contribution in [0.25, 0.3) is 0 Å². The number of piperazine rings is 1. The fourth-order valence-corrected chi connectivity index (χ4v) is 3.50. The minimum absolute atomic E-state index is 0.0433. The Morgan fingerprint density at radius 2 is 1.52 bits per heavy atom. The van der Waals surface area contributed by atoms with Gasteiger partial charge in [0.25, 0.3) is 11.4 Å². The molecule has 0 aliphatic carbocycles. The van der Waals surface area contributed by atoms with E-state index in [2.05, 4.69) is 9.97 Å². The molecule has 2 aromatic heterocycles. The fraction of sp³-hybridized carbons (Fsp3) is 0.333. The van der Waals surface area contributed by atoms with Crippen LogP contribution in [0.1, 0.15) is 6.92 Å². The van der Waals surface area contributed by atoms with E-state index in [1.807, 2.05) is 16.7 Å². The van der Waals surface area contributed by atoms with E-state index >= 15 is 0 Å². The molecule has 142 valence electrons. The number of rotatable bonds is 4. The quantitative estimate of drug-likeness (QED) is 0.553. The number of hydrogen-bond acceptors (Lipinski definition) is 8. The van der Waals surface area contributed by atoms with E-state index in [4.69, 9.17) is 23.2 Å². The van der Waals surface area contributed by atoms with Gasteiger partial charge in [-0.05, 0) is 6.92 Å². The maximum absolute atomic E-state index is 10.8. The Bertz CT molecular complexity index is 912. The summed E-state index contributed by atoms with van der Waals surface area (Å²) < 4.78 is 0. The minimum atomic E-state index is -0.550. The Morgan fingerprint density at radius 1 is 1.00 bits per heavy atom. The smallest absolute Gasteiger partial charge is 0.289 e. The second-order valence-electron chi connectivity index (χ2n) is 6.00. The Labute approximate surface area is 163 Å². The summed E-state index contributed by atoms with van der Waals surface area (Å²) in [6.07, 6.45) is 2.35. The van der Waals surface area contributed by atoms with Crippen molar-refractivity contribution in [3.05, 3.63) is 54.8 Å². The molecule has 0 saturated carbocycles. The largest absolute Gasteiger partial charge is 0.352 e. The predicted octanol–water partition coefficient (Wildman–Crippen LogP) is 3.31. The van der Waals surface area contributed by atoms with Gasteiger partial charge in [0.05, 0.1) is 19.9 Å². The van der Waals surface area contributed by atoms with Gasteiger partial charge >= 0.3 is 0 Å². The van der Waals surface area contributed by atoms with Gasteiger partial charge in [0.1, 0.15) is 24.0 Å². The summed E-state index contributed by atoms with van der Waals surface area (Å²) in [7, 11) is 0. The van der Waals surface area contributed by atoms with Crippen LogP contribution >= 0.6 is 23.2 Å². The van der Waals surface area contributed by atoms with E-state index in [0.717, 1.165) is 0 Å². The normalized spacial score (nSPS) is 17.1. The van der Waals surface area contributed by atoms with Crippen LogP contribution in [-0.2, 0) is 0 Å². The van der Waals surface area contributed by atoms with Crippen molar-refractivity contribution in [2.24, 2.45) is 0 Å². The second kappa shape index (κ2) is 7.49. The van der Waals surface area contributed by atoms with Crippen LogP contribution in [0.4, 0.5) is 23.0 Å². The Balaban J connectivity index is 1.78. The van der Waals surface area contributed by atoms with Crippen LogP contribution in [0.15, 0.2) is 24.5 Å². The summed E-state index contributed by atoms with van der Waals surface area (Å²) in [6.45, 7) is 3.54. The molecular weight excluding hydrogens is 399 g/mol. The molecule has 3 rings (SSSR count). The van der Waals surface area contributed by atoms with Gasteiger partial charge in [0, 0.05) is 37.8 Å². The minimum Gasteiger partial charge on any atom is -0.352 e. The second-order valence-corrected chi connectivity index (χ2v) is 6.81. The summed E-state index contributed by atoms with van der Waals surface area (Å²) in [5, 5.41) is 22.1. The van der Waals surface area contributed by atoms with Crippen LogP contribution in [0.2, 0.25) is 10.0 Å². The van der Waals surface area contributed by atoms with Gasteiger partial charge < -0.3 is 9.80 Å². The summed E-state index contributed by atoms with van der Waals surface area (Å²) in [4.78, 5) is 32.7. The lowest BCUT2D eigenvalue weighted by Crippen LogP contribution is -2.52. The number of aromatic nitrogens is 2. The van der Waals surface area contributed by atoms with Crippen molar-refractivity contribution in [3.63, 3.8) is 0 Å². The van der Waals surface area contributed by atoms with E-state index in [-0.39, 0.29) is 27.5 Å². The summed E-state index contributed by atoms with van der Waals surface area (Å²) in [5.74, 6) is 0.939. The predicted molar refractivity (Wildman–Crippen MR) is 101 cm³/mol. The van der Waals surface area contributed by atoms with Crippen LogP contribution in [0.5, 0.6) is 0 Å². The monoisotopic (exact) mass is 412 g/mol. The first kappa shape index (κ1) is 19.1. The first-order valence-corrected chi connectivity index (χ1v) is 8.65. The highest BCUT2D eigenvalue weighted by Crippen LogP contribution is 2.32. The van der Waals surface area contributed by atoms with Crippen molar-refractivity contribution >= 4 is 46.2 Å². The van der Waals surface area contributed by atoms with Gasteiger partial charge in [-0.25, -0.2) is 9.97 Å². The molecule has 27 heavy (non-hydrogen) atoms. The summed E-state index contributed by atoms with van der Waals surface area (Å²) >= 11 is 12.3. The molecule has 0 amide bonds. The zero-order valence-corrected chi connectivity index (χ0v) is 15.6. The Kier molecular flexibility index (Phi) is 5.29. The highest BCUT2D eigenvalue weighted by atomic mass is 35.5. The van der Waals surface area contributed by atoms with Crippen LogP contribution in [-0.4, -0.2) is 45.5 Å². The molecule has 12 heteroatoms. The Morgan fingerprint density at radius 3 is 1.96 bits per heavy atom. The molecule has 1 aliphatic heterocycles. The van der Waals surface area contributed by atoms with Crippen LogP contribution < -0.4 is 9.80 Å². The average Bonchev–Trinajstić information content (AvgIpc) is 2.61. The number of hydrogen-bond donors (Lipinski definition) is 0. The van der Waals surface area contributed by atoms with Crippen molar-refractivity contribution in [1.29, 1.82) is 0 Å². The molecule has 3 heterocycles. The highest BCUT2D eigenvalue weighted by Gasteiger charge is 2.29. The molecule has 0 N–H and O–H groups in total. The van der Waals surface area contributed by atoms with Crippen LogP contribution in [0.3, 0.4) is 0 Å². The first-order chi connectivity index (χ1) is 12.8. The zero-order chi connectivity index (χ0) is 19.7. The third-order valence-electron chi connectivity index (χ3n) is 4.24. The molecule has 10 nitrogen and oxygen atoms in total. The van der Waals surface area contributed by atoms with Gasteiger partial charge in [-0.15, -0.1) is 0 Å². The third kappa shape index (κ3) is 3.86. The van der Waals surface area contributed by atoms with Gasteiger partial charge in [-0.2, -0.15) is 0 Å².